The highest BCUT2D eigenvalue weighted by atomic mass is 35.5. The predicted molar refractivity (Wildman–Crippen MR) is 484 cm³/mol. The minimum atomic E-state index is -4.81. The number of sulfonamides is 4. The molecule has 6 saturated heterocycles. The molecule has 6 aliphatic heterocycles. The Morgan fingerprint density at radius 1 is 0.356 bits per heavy atom. The van der Waals surface area contributed by atoms with Crippen molar-refractivity contribution in [1.29, 1.82) is 0 Å². The lowest BCUT2D eigenvalue weighted by Crippen LogP contribution is -2.44. The summed E-state index contributed by atoms with van der Waals surface area (Å²) < 4.78 is 264. The van der Waals surface area contributed by atoms with Gasteiger partial charge in [0, 0.05) is 89.9 Å². The van der Waals surface area contributed by atoms with E-state index in [1.165, 1.54) is 114 Å². The number of hydrogen-bond donors (Lipinski definition) is 6. The number of nitrogens with zero attached hydrogens (tertiary/aromatic N) is 6. The molecule has 746 valence electrons. The van der Waals surface area contributed by atoms with E-state index in [2.05, 4.69) is 36.6 Å². The lowest BCUT2D eigenvalue weighted by molar-refractivity contribution is -0.140. The molecule has 0 radical (unpaired) electrons. The van der Waals surface area contributed by atoms with Crippen molar-refractivity contribution in [3.05, 3.63) is 175 Å². The first-order valence-corrected chi connectivity index (χ1v) is 50.6. The van der Waals surface area contributed by atoms with Gasteiger partial charge in [0.05, 0.1) is 127 Å². The van der Waals surface area contributed by atoms with Gasteiger partial charge in [-0.1, -0.05) is 70.7 Å². The summed E-state index contributed by atoms with van der Waals surface area (Å²) in [6.07, 6.45) is -1.28. The van der Waals surface area contributed by atoms with E-state index in [9.17, 15) is 125 Å². The number of ether oxygens (including phenoxy) is 2. The van der Waals surface area contributed by atoms with Crippen molar-refractivity contribution in [1.82, 2.24) is 27.0 Å². The molecule has 0 aromatic heterocycles. The molecule has 12 rings (SSSR count). The van der Waals surface area contributed by atoms with E-state index >= 15 is 0 Å². The SMILES string of the molecule is CCOC(=O)N1CCCC(C(=O)Nc2cccc(F)c2Cl)C1.CCS(=O)(=O)N1CCCC(C(=O)Nc2ccc(C(F)(F)F)c(F)c2)C1.CCS(=O)(=O)N1CCCC(C(=O)Nc2cccc(F)c2Cl)C1.COC(=O)N1CCCC(C(=O)Nc2cccc(F)c2Cl)C1.CS(=O)(=O)N1CCCC(C(=O)Nc2ccc(C(F)(F)F)c(F)c2)C1.CS(=O)(=O)N1CCCC(C(=O)Nc2cccc(F)c2Cl)C1. The largest absolute Gasteiger partial charge is 0.453 e. The van der Waals surface area contributed by atoms with Crippen molar-refractivity contribution in [3.8, 4) is 0 Å². The van der Waals surface area contributed by atoms with Crippen molar-refractivity contribution >= 4 is 168 Å². The zero-order chi connectivity index (χ0) is 100. The second-order valence-electron chi connectivity index (χ2n) is 31.6. The van der Waals surface area contributed by atoms with E-state index in [0.29, 0.717) is 147 Å². The van der Waals surface area contributed by atoms with Crippen LogP contribution in [0.3, 0.4) is 0 Å². The van der Waals surface area contributed by atoms with Crippen LogP contribution in [0.4, 0.5) is 96.4 Å². The molecule has 0 aliphatic carbocycles. The Morgan fingerprint density at radius 2 is 0.607 bits per heavy atom. The second-order valence-corrected chi connectivity index (χ2v) is 41.6. The van der Waals surface area contributed by atoms with Gasteiger partial charge in [0.1, 0.15) is 34.9 Å². The second kappa shape index (κ2) is 50.8. The zero-order valence-electron chi connectivity index (χ0n) is 73.7. The molecule has 6 atom stereocenters. The number of carbonyl (C=O) groups excluding carboxylic acids is 8. The average molecular weight is 2080 g/mol. The van der Waals surface area contributed by atoms with E-state index < -0.39 is 146 Å². The Kier molecular flexibility index (Phi) is 42.4. The van der Waals surface area contributed by atoms with Crippen LogP contribution < -0.4 is 31.9 Å². The van der Waals surface area contributed by atoms with Gasteiger partial charge in [0.2, 0.25) is 75.5 Å². The molecule has 0 saturated carbocycles. The van der Waals surface area contributed by atoms with Gasteiger partial charge in [-0.2, -0.15) is 26.3 Å². The van der Waals surface area contributed by atoms with E-state index in [4.69, 9.17) is 51.1 Å². The third-order valence-corrected chi connectivity index (χ3v) is 29.7. The minimum absolute atomic E-state index is 0.00508. The molecule has 6 aliphatic rings. The standard InChI is InChI=1S/C15H18ClFN2O3.C15H18F4N2O3S.C14H18ClFN2O3S.C14H16ClFN2O3.C14H16F4N2O3S.C13H16ClFN2O3S/c1-2-22-15(21)19-8-4-5-10(9-19)14(20)18-12-7-3-6-11(17)13(12)16;1-2-25(23,24)21-7-3-4-10(9-21)14(22)20-11-5-6-12(13(16)8-11)15(17,18)19;1-2-22(20,21)18-8-4-5-10(9-18)14(19)17-12-7-3-6-11(16)13(12)15;1-21-14(20)18-7-3-4-9(8-18)13(19)17-11-6-2-5-10(16)12(11)15;1-24(22,23)20-6-2-3-9(8-20)13(21)19-10-4-5-11(12(15)7-10)14(16,17)18;1-21(19,20)17-7-3-4-9(8-17)13(18)16-11-6-2-5-10(15)12(11)14/h3,6-7,10H,2,4-5,8-9H2,1H3,(H,18,20);5-6,8,10H,2-4,7,9H2,1H3,(H,20,22);3,6-7,10H,2,4-5,8-9H2,1H3,(H,17,19);2,5-6,9H,3-4,7-8H2,1H3,(H,17,19);4-5,7,9H,2-3,6,8H2,1H3,(H,19,21);2,5-6,9H,3-4,7-8H2,1H3,(H,16,18). The summed E-state index contributed by atoms with van der Waals surface area (Å²) in [5, 5.41) is 14.5. The Hall–Kier alpha value is -9.36. The minimum Gasteiger partial charge on any atom is -0.453 e. The van der Waals surface area contributed by atoms with Crippen LogP contribution >= 0.6 is 46.4 Å². The van der Waals surface area contributed by atoms with Crippen molar-refractivity contribution in [2.75, 3.05) is 148 Å². The summed E-state index contributed by atoms with van der Waals surface area (Å²) in [5.41, 5.74) is -2.19. The van der Waals surface area contributed by atoms with Gasteiger partial charge in [-0.25, -0.2) is 86.8 Å². The van der Waals surface area contributed by atoms with Crippen LogP contribution in [-0.4, -0.2) is 225 Å². The number of piperidine rings is 6. The maximum atomic E-state index is 13.5. The predicted octanol–water partition coefficient (Wildman–Crippen LogP) is 16.0. The van der Waals surface area contributed by atoms with Crippen molar-refractivity contribution in [2.24, 2.45) is 35.5 Å². The van der Waals surface area contributed by atoms with E-state index in [0.717, 1.165) is 24.6 Å². The molecule has 30 nitrogen and oxygen atoms in total. The maximum Gasteiger partial charge on any atom is 0.419 e. The van der Waals surface area contributed by atoms with Gasteiger partial charge in [0.25, 0.3) is 0 Å². The number of halogens is 16. The van der Waals surface area contributed by atoms with Gasteiger partial charge >= 0.3 is 24.5 Å². The third-order valence-electron chi connectivity index (χ3n) is 21.9. The highest BCUT2D eigenvalue weighted by Gasteiger charge is 2.40. The van der Waals surface area contributed by atoms with Crippen LogP contribution in [0.15, 0.2) is 109 Å². The number of likely N-dealkylation sites (tertiary alicyclic amines) is 2. The van der Waals surface area contributed by atoms with Gasteiger partial charge in [-0.15, -0.1) is 0 Å². The number of methoxy groups -OCH3 is 1. The summed E-state index contributed by atoms with van der Waals surface area (Å²) in [7, 11) is -12.2. The number of amides is 8. The molecule has 6 N–H and O–H groups in total. The van der Waals surface area contributed by atoms with Crippen molar-refractivity contribution in [3.63, 3.8) is 0 Å². The lowest BCUT2D eigenvalue weighted by atomic mass is 9.97. The fraction of sp³-hybridized carbons (Fsp3) is 0.482. The topological polar surface area (TPSA) is 383 Å². The smallest absolute Gasteiger partial charge is 0.419 e. The van der Waals surface area contributed by atoms with Crippen LogP contribution in [0.5, 0.6) is 0 Å². The summed E-state index contributed by atoms with van der Waals surface area (Å²) in [6.45, 7) is 8.60. The summed E-state index contributed by atoms with van der Waals surface area (Å²) in [5.74, 6) is -10.7. The normalized spacial score (nSPS) is 19.3. The highest BCUT2D eigenvalue weighted by molar-refractivity contribution is 7.89. The molecule has 0 spiro atoms. The number of alkyl halides is 6. The third kappa shape index (κ3) is 33.8. The van der Waals surface area contributed by atoms with Gasteiger partial charge in [0.15, 0.2) is 0 Å². The van der Waals surface area contributed by atoms with Crippen LogP contribution in [0, 0.1) is 70.4 Å². The summed E-state index contributed by atoms with van der Waals surface area (Å²) in [4.78, 5) is 99.6. The number of nitrogens with one attached hydrogen (secondary N) is 6. The molecule has 6 heterocycles. The molecule has 135 heavy (non-hydrogen) atoms. The van der Waals surface area contributed by atoms with Crippen molar-refractivity contribution in [2.45, 2.75) is 110 Å². The fourth-order valence-electron chi connectivity index (χ4n) is 14.6. The maximum absolute atomic E-state index is 13.5. The Morgan fingerprint density at radius 3 is 0.859 bits per heavy atom. The molecule has 6 unspecified atom stereocenters. The Balaban J connectivity index is 0.000000221. The van der Waals surface area contributed by atoms with Crippen LogP contribution in [0.25, 0.3) is 0 Å². The van der Waals surface area contributed by atoms with Crippen LogP contribution in [-0.2, 0) is 90.7 Å². The molecular formula is C85H102Cl4F12N12O18S4. The van der Waals surface area contributed by atoms with Gasteiger partial charge in [-0.05, 0) is 183 Å². The van der Waals surface area contributed by atoms with E-state index in [-0.39, 0.29) is 140 Å². The summed E-state index contributed by atoms with van der Waals surface area (Å²) >= 11 is 23.2. The lowest BCUT2D eigenvalue weighted by Gasteiger charge is -2.31. The quantitative estimate of drug-likeness (QED) is 0.0410. The summed E-state index contributed by atoms with van der Waals surface area (Å²) in [6, 6.07) is 21.0. The first-order chi connectivity index (χ1) is 63.2. The van der Waals surface area contributed by atoms with Gasteiger partial charge < -0.3 is 51.2 Å². The number of anilines is 6. The molecule has 6 aromatic carbocycles. The molecular weight excluding hydrogens is 1980 g/mol. The molecule has 0 bridgehead atoms. The zero-order valence-corrected chi connectivity index (χ0v) is 80.0. The number of hydrogen-bond acceptors (Lipinski definition) is 18. The molecule has 6 fully saturated rings. The number of rotatable bonds is 19. The number of carbonyl (C=O) groups is 8. The first-order valence-electron chi connectivity index (χ1n) is 42.2. The first kappa shape index (κ1) is 113. The van der Waals surface area contributed by atoms with E-state index in [1.807, 2.05) is 0 Å². The van der Waals surface area contributed by atoms with Crippen LogP contribution in [0.2, 0.25) is 20.1 Å². The Bertz CT molecular complexity index is 5680. The monoisotopic (exact) mass is 2070 g/mol. The van der Waals surface area contributed by atoms with Crippen LogP contribution in [0.1, 0.15) is 109 Å². The molecule has 8 amide bonds. The van der Waals surface area contributed by atoms with Gasteiger partial charge in [-0.3, -0.25) is 28.8 Å². The molecule has 50 heteroatoms. The average Bonchev–Trinajstić information content (AvgIpc) is 0.979. The van der Waals surface area contributed by atoms with E-state index in [1.54, 1.807) is 13.8 Å². The van der Waals surface area contributed by atoms with Crippen molar-refractivity contribution < 1.29 is 134 Å². The fourth-order valence-corrected chi connectivity index (χ4v) is 19.5. The molecule has 6 aromatic rings. The Labute approximate surface area is 793 Å². The number of benzene rings is 6. The highest BCUT2D eigenvalue weighted by Crippen LogP contribution is 2.37.